The first-order valence-corrected chi connectivity index (χ1v) is 7.47. The first-order chi connectivity index (χ1) is 10.3. The van der Waals surface area contributed by atoms with Crippen molar-refractivity contribution in [2.24, 2.45) is 0 Å². The number of aromatic nitrogens is 1. The minimum absolute atomic E-state index is 0.185. The Kier molecular flexibility index (Phi) is 5.34. The summed E-state index contributed by atoms with van der Waals surface area (Å²) in [5.74, 6) is 0. The fourth-order valence-corrected chi connectivity index (χ4v) is 2.44. The molecule has 0 spiro atoms. The SMILES string of the molecule is CCCCCCn1c(-c2ccccc2)ccc(C#N)c1=O. The second-order valence-corrected chi connectivity index (χ2v) is 5.13. The molecule has 0 radical (unpaired) electrons. The maximum Gasteiger partial charge on any atom is 0.268 e. The van der Waals surface area contributed by atoms with Crippen molar-refractivity contribution in [3.05, 3.63) is 58.4 Å². The van der Waals surface area contributed by atoms with Gasteiger partial charge in [-0.2, -0.15) is 5.26 Å². The highest BCUT2D eigenvalue weighted by molar-refractivity contribution is 5.60. The van der Waals surface area contributed by atoms with E-state index in [1.165, 1.54) is 12.8 Å². The van der Waals surface area contributed by atoms with Gasteiger partial charge in [-0.05, 0) is 24.1 Å². The summed E-state index contributed by atoms with van der Waals surface area (Å²) in [6.07, 6.45) is 4.41. The molecule has 2 aromatic rings. The maximum atomic E-state index is 12.4. The number of hydrogen-bond acceptors (Lipinski definition) is 2. The third kappa shape index (κ3) is 3.61. The number of nitriles is 1. The summed E-state index contributed by atoms with van der Waals surface area (Å²) in [6, 6.07) is 15.3. The molecule has 1 aromatic carbocycles. The maximum absolute atomic E-state index is 12.4. The second-order valence-electron chi connectivity index (χ2n) is 5.13. The van der Waals surface area contributed by atoms with E-state index in [0.29, 0.717) is 6.54 Å². The molecule has 0 saturated heterocycles. The molecular formula is C18H20N2O. The summed E-state index contributed by atoms with van der Waals surface area (Å²) in [6.45, 7) is 2.83. The van der Waals surface area contributed by atoms with Crippen LogP contribution in [0.3, 0.4) is 0 Å². The molecule has 0 amide bonds. The zero-order valence-electron chi connectivity index (χ0n) is 12.4. The molecule has 0 unspecified atom stereocenters. The number of benzene rings is 1. The van der Waals surface area contributed by atoms with E-state index in [1.807, 2.05) is 42.5 Å². The summed E-state index contributed by atoms with van der Waals surface area (Å²) in [5.41, 5.74) is 1.92. The molecule has 2 rings (SSSR count). The average molecular weight is 280 g/mol. The second kappa shape index (κ2) is 7.44. The van der Waals surface area contributed by atoms with Crippen LogP contribution in [0.25, 0.3) is 11.3 Å². The number of nitrogens with zero attached hydrogens (tertiary/aromatic N) is 2. The van der Waals surface area contributed by atoms with Crippen molar-refractivity contribution in [3.8, 4) is 17.3 Å². The summed E-state index contributed by atoms with van der Waals surface area (Å²) < 4.78 is 1.74. The number of rotatable bonds is 6. The van der Waals surface area contributed by atoms with Gasteiger partial charge in [-0.1, -0.05) is 56.5 Å². The predicted molar refractivity (Wildman–Crippen MR) is 85.0 cm³/mol. The molecule has 3 heteroatoms. The van der Waals surface area contributed by atoms with Gasteiger partial charge < -0.3 is 4.57 Å². The van der Waals surface area contributed by atoms with Gasteiger partial charge in [0, 0.05) is 6.54 Å². The standard InChI is InChI=1S/C18H20N2O/c1-2-3-4-8-13-20-17(15-9-6-5-7-10-15)12-11-16(14-19)18(20)21/h5-7,9-12H,2-4,8,13H2,1H3. The van der Waals surface area contributed by atoms with E-state index in [4.69, 9.17) is 5.26 Å². The van der Waals surface area contributed by atoms with E-state index in [0.717, 1.165) is 24.1 Å². The lowest BCUT2D eigenvalue weighted by Gasteiger charge is -2.13. The highest BCUT2D eigenvalue weighted by Crippen LogP contribution is 2.18. The first-order valence-electron chi connectivity index (χ1n) is 7.47. The monoisotopic (exact) mass is 280 g/mol. The highest BCUT2D eigenvalue weighted by Gasteiger charge is 2.09. The smallest absolute Gasteiger partial charge is 0.268 e. The van der Waals surface area contributed by atoms with Gasteiger partial charge in [0.05, 0.1) is 5.69 Å². The number of hydrogen-bond donors (Lipinski definition) is 0. The van der Waals surface area contributed by atoms with E-state index in [-0.39, 0.29) is 11.1 Å². The Labute approximate surface area is 125 Å². The fourth-order valence-electron chi connectivity index (χ4n) is 2.44. The quantitative estimate of drug-likeness (QED) is 0.752. The van der Waals surface area contributed by atoms with Crippen LogP contribution in [-0.4, -0.2) is 4.57 Å². The van der Waals surface area contributed by atoms with E-state index in [2.05, 4.69) is 6.92 Å². The predicted octanol–water partition coefficient (Wildman–Crippen LogP) is 3.97. The average Bonchev–Trinajstić information content (AvgIpc) is 2.53. The highest BCUT2D eigenvalue weighted by atomic mass is 16.1. The molecular weight excluding hydrogens is 260 g/mol. The molecule has 0 bridgehead atoms. The lowest BCUT2D eigenvalue weighted by Crippen LogP contribution is -2.24. The number of pyridine rings is 1. The molecule has 21 heavy (non-hydrogen) atoms. The summed E-state index contributed by atoms with van der Waals surface area (Å²) in [5, 5.41) is 9.05. The zero-order valence-corrected chi connectivity index (χ0v) is 12.4. The Morgan fingerprint density at radius 2 is 1.81 bits per heavy atom. The van der Waals surface area contributed by atoms with Gasteiger partial charge in [-0.25, -0.2) is 0 Å². The van der Waals surface area contributed by atoms with Crippen LogP contribution in [0, 0.1) is 11.3 Å². The van der Waals surface area contributed by atoms with Crippen LogP contribution in [0.1, 0.15) is 38.2 Å². The van der Waals surface area contributed by atoms with Crippen molar-refractivity contribution in [3.63, 3.8) is 0 Å². The minimum atomic E-state index is -0.185. The molecule has 108 valence electrons. The molecule has 1 aromatic heterocycles. The molecule has 1 heterocycles. The van der Waals surface area contributed by atoms with Crippen LogP contribution in [0.15, 0.2) is 47.3 Å². The van der Waals surface area contributed by atoms with Crippen molar-refractivity contribution in [1.82, 2.24) is 4.57 Å². The third-order valence-electron chi connectivity index (χ3n) is 3.60. The van der Waals surface area contributed by atoms with Crippen molar-refractivity contribution >= 4 is 0 Å². The first kappa shape index (κ1) is 15.1. The third-order valence-corrected chi connectivity index (χ3v) is 3.60. The Morgan fingerprint density at radius 3 is 2.48 bits per heavy atom. The molecule has 0 N–H and O–H groups in total. The molecule has 0 aliphatic rings. The lowest BCUT2D eigenvalue weighted by atomic mass is 10.1. The normalized spacial score (nSPS) is 10.3. The van der Waals surface area contributed by atoms with Gasteiger partial charge in [0.15, 0.2) is 0 Å². The lowest BCUT2D eigenvalue weighted by molar-refractivity contribution is 0.573. The van der Waals surface area contributed by atoms with E-state index in [9.17, 15) is 4.79 Å². The van der Waals surface area contributed by atoms with Crippen LogP contribution in [0.4, 0.5) is 0 Å². The van der Waals surface area contributed by atoms with Gasteiger partial charge in [0.25, 0.3) is 5.56 Å². The fraction of sp³-hybridized carbons (Fsp3) is 0.333. The van der Waals surface area contributed by atoms with Gasteiger partial charge in [-0.15, -0.1) is 0 Å². The Morgan fingerprint density at radius 1 is 1.05 bits per heavy atom. The molecule has 0 saturated carbocycles. The summed E-state index contributed by atoms with van der Waals surface area (Å²) >= 11 is 0. The topological polar surface area (TPSA) is 45.8 Å². The molecule has 0 aliphatic carbocycles. The van der Waals surface area contributed by atoms with E-state index >= 15 is 0 Å². The van der Waals surface area contributed by atoms with E-state index in [1.54, 1.807) is 10.6 Å². The van der Waals surface area contributed by atoms with Gasteiger partial charge >= 0.3 is 0 Å². The van der Waals surface area contributed by atoms with Crippen molar-refractivity contribution in [2.45, 2.75) is 39.2 Å². The zero-order chi connectivity index (χ0) is 15.1. The van der Waals surface area contributed by atoms with Crippen molar-refractivity contribution < 1.29 is 0 Å². The van der Waals surface area contributed by atoms with Crippen LogP contribution in [0.5, 0.6) is 0 Å². The largest absolute Gasteiger partial charge is 0.307 e. The minimum Gasteiger partial charge on any atom is -0.307 e. The number of unbranched alkanes of at least 4 members (excludes halogenated alkanes) is 3. The summed E-state index contributed by atoms with van der Waals surface area (Å²) in [7, 11) is 0. The van der Waals surface area contributed by atoms with Crippen molar-refractivity contribution in [2.75, 3.05) is 0 Å². The van der Waals surface area contributed by atoms with Crippen LogP contribution < -0.4 is 5.56 Å². The molecule has 3 nitrogen and oxygen atoms in total. The molecule has 0 aliphatic heterocycles. The molecule has 0 atom stereocenters. The Hall–Kier alpha value is -2.34. The summed E-state index contributed by atoms with van der Waals surface area (Å²) in [4.78, 5) is 12.4. The van der Waals surface area contributed by atoms with Crippen LogP contribution >= 0.6 is 0 Å². The van der Waals surface area contributed by atoms with Gasteiger partial charge in [0.2, 0.25) is 0 Å². The van der Waals surface area contributed by atoms with Gasteiger partial charge in [0.1, 0.15) is 11.6 Å². The van der Waals surface area contributed by atoms with Crippen LogP contribution in [-0.2, 0) is 6.54 Å². The van der Waals surface area contributed by atoms with Gasteiger partial charge in [-0.3, -0.25) is 4.79 Å². The van der Waals surface area contributed by atoms with Crippen molar-refractivity contribution in [1.29, 1.82) is 5.26 Å². The molecule has 0 fully saturated rings. The van der Waals surface area contributed by atoms with E-state index < -0.39 is 0 Å². The Bertz CT molecular complexity index is 681. The Balaban J connectivity index is 2.38. The van der Waals surface area contributed by atoms with Crippen LogP contribution in [0.2, 0.25) is 0 Å².